The minimum atomic E-state index is -0.243. The van der Waals surface area contributed by atoms with E-state index in [2.05, 4.69) is 5.32 Å². The third-order valence-electron chi connectivity index (χ3n) is 5.71. The summed E-state index contributed by atoms with van der Waals surface area (Å²) in [7, 11) is 0. The van der Waals surface area contributed by atoms with Gasteiger partial charge in [0.25, 0.3) is 5.56 Å². The molecule has 156 valence electrons. The zero-order valence-electron chi connectivity index (χ0n) is 17.4. The van der Waals surface area contributed by atoms with Crippen molar-refractivity contribution in [2.45, 2.75) is 39.2 Å². The first-order valence-corrected chi connectivity index (χ1v) is 11.4. The van der Waals surface area contributed by atoms with Crippen LogP contribution < -0.4 is 10.9 Å². The van der Waals surface area contributed by atoms with E-state index in [0.717, 1.165) is 47.2 Å². The monoisotopic (exact) mass is 429 g/mol. The molecule has 0 bridgehead atoms. The van der Waals surface area contributed by atoms with Crippen molar-refractivity contribution in [1.82, 2.24) is 9.55 Å². The highest BCUT2D eigenvalue weighted by atomic mass is 32.1. The predicted molar refractivity (Wildman–Crippen MR) is 126 cm³/mol. The molecule has 2 heterocycles. The van der Waals surface area contributed by atoms with Gasteiger partial charge in [0, 0.05) is 16.1 Å². The fraction of sp³-hybridized carbons (Fsp3) is 0.240. The summed E-state index contributed by atoms with van der Waals surface area (Å²) in [6.07, 6.45) is 4.15. The summed E-state index contributed by atoms with van der Waals surface area (Å²) in [6.45, 7) is 1.93. The Morgan fingerprint density at radius 2 is 1.90 bits per heavy atom. The van der Waals surface area contributed by atoms with E-state index < -0.39 is 0 Å². The van der Waals surface area contributed by atoms with Gasteiger partial charge >= 0.3 is 0 Å². The van der Waals surface area contributed by atoms with Crippen LogP contribution in [0.4, 0.5) is 5.69 Å². The first-order valence-electron chi connectivity index (χ1n) is 10.6. The van der Waals surface area contributed by atoms with Crippen LogP contribution in [0.3, 0.4) is 0 Å². The van der Waals surface area contributed by atoms with Crippen LogP contribution in [0.15, 0.2) is 59.4 Å². The van der Waals surface area contributed by atoms with E-state index in [1.165, 1.54) is 9.44 Å². The minimum Gasteiger partial charge on any atom is -0.325 e. The number of carbonyl (C=O) groups excluding carboxylic acids is 1. The highest BCUT2D eigenvalue weighted by Crippen LogP contribution is 2.34. The van der Waals surface area contributed by atoms with Gasteiger partial charge in [0.15, 0.2) is 0 Å². The van der Waals surface area contributed by atoms with Crippen LogP contribution in [-0.2, 0) is 24.2 Å². The highest BCUT2D eigenvalue weighted by molar-refractivity contribution is 7.18. The number of nitrogens with zero attached hydrogens (tertiary/aromatic N) is 2. The fourth-order valence-electron chi connectivity index (χ4n) is 4.26. The van der Waals surface area contributed by atoms with E-state index in [9.17, 15) is 9.59 Å². The molecule has 2 aromatic heterocycles. The zero-order valence-corrected chi connectivity index (χ0v) is 18.2. The van der Waals surface area contributed by atoms with Crippen LogP contribution in [0.2, 0.25) is 0 Å². The third-order valence-corrected chi connectivity index (χ3v) is 6.90. The molecule has 1 aliphatic rings. The average molecular weight is 430 g/mol. The van der Waals surface area contributed by atoms with Crippen molar-refractivity contribution in [3.63, 3.8) is 0 Å². The van der Waals surface area contributed by atoms with Gasteiger partial charge in [-0.05, 0) is 56.4 Å². The summed E-state index contributed by atoms with van der Waals surface area (Å²) in [5.41, 5.74) is 3.65. The van der Waals surface area contributed by atoms with Gasteiger partial charge in [-0.25, -0.2) is 4.98 Å². The van der Waals surface area contributed by atoms with E-state index >= 15 is 0 Å². The Morgan fingerprint density at radius 1 is 1.10 bits per heavy atom. The quantitative estimate of drug-likeness (QED) is 0.499. The normalized spacial score (nSPS) is 13.2. The van der Waals surface area contributed by atoms with E-state index in [0.29, 0.717) is 16.9 Å². The number of anilines is 1. The van der Waals surface area contributed by atoms with Crippen LogP contribution in [-0.4, -0.2) is 15.5 Å². The predicted octanol–water partition coefficient (Wildman–Crippen LogP) is 4.95. The maximum absolute atomic E-state index is 13.7. The number of hydrogen-bond donors (Lipinski definition) is 1. The van der Waals surface area contributed by atoms with Crippen molar-refractivity contribution in [2.75, 3.05) is 5.32 Å². The van der Waals surface area contributed by atoms with E-state index in [1.807, 2.05) is 61.5 Å². The Balaban J connectivity index is 1.65. The lowest BCUT2D eigenvalue weighted by Gasteiger charge is -2.14. The number of amides is 1. The summed E-state index contributed by atoms with van der Waals surface area (Å²) in [5, 5.41) is 3.59. The molecule has 0 atom stereocenters. The Morgan fingerprint density at radius 3 is 2.71 bits per heavy atom. The molecule has 6 heteroatoms. The largest absolute Gasteiger partial charge is 0.325 e. The topological polar surface area (TPSA) is 64.0 Å². The number of nitrogens with one attached hydrogen (secondary N) is 1. The smallest absolute Gasteiger partial charge is 0.263 e. The molecule has 1 amide bonds. The number of hydrogen-bond acceptors (Lipinski definition) is 4. The molecule has 0 aliphatic heterocycles. The molecule has 0 unspecified atom stereocenters. The van der Waals surface area contributed by atoms with Gasteiger partial charge in [-0.15, -0.1) is 11.3 Å². The molecule has 0 radical (unpaired) electrons. The molecule has 4 aromatic rings. The van der Waals surface area contributed by atoms with Crippen LogP contribution >= 0.6 is 11.3 Å². The highest BCUT2D eigenvalue weighted by Gasteiger charge is 2.23. The minimum absolute atomic E-state index is 0.0788. The van der Waals surface area contributed by atoms with Crippen molar-refractivity contribution in [3.05, 3.63) is 81.0 Å². The van der Waals surface area contributed by atoms with Gasteiger partial charge < -0.3 is 5.32 Å². The van der Waals surface area contributed by atoms with Gasteiger partial charge in [0.1, 0.15) is 17.2 Å². The van der Waals surface area contributed by atoms with Gasteiger partial charge in [-0.2, -0.15) is 0 Å². The molecule has 1 aliphatic carbocycles. The van der Waals surface area contributed by atoms with Crippen molar-refractivity contribution in [3.8, 4) is 11.4 Å². The summed E-state index contributed by atoms with van der Waals surface area (Å²) < 4.78 is 1.54. The molecule has 5 rings (SSSR count). The number of para-hydroxylation sites is 1. The van der Waals surface area contributed by atoms with Crippen molar-refractivity contribution in [2.24, 2.45) is 0 Å². The summed E-state index contributed by atoms with van der Waals surface area (Å²) >= 11 is 1.63. The van der Waals surface area contributed by atoms with Crippen LogP contribution in [0.1, 0.15) is 28.8 Å². The van der Waals surface area contributed by atoms with Crippen molar-refractivity contribution < 1.29 is 4.79 Å². The molecular weight excluding hydrogens is 406 g/mol. The van der Waals surface area contributed by atoms with E-state index in [4.69, 9.17) is 4.98 Å². The maximum Gasteiger partial charge on any atom is 0.263 e. The molecule has 5 nitrogen and oxygen atoms in total. The Hall–Kier alpha value is -3.25. The molecule has 31 heavy (non-hydrogen) atoms. The lowest BCUT2D eigenvalue weighted by Crippen LogP contribution is -2.30. The second-order valence-electron chi connectivity index (χ2n) is 8.00. The Labute approximate surface area is 184 Å². The number of carbonyl (C=O) groups is 1. The summed E-state index contributed by atoms with van der Waals surface area (Å²) in [4.78, 5) is 33.5. The average Bonchev–Trinajstić information content (AvgIpc) is 3.15. The first-order chi connectivity index (χ1) is 15.1. The SMILES string of the molecule is Cc1cccc(-c2nc3sc4c(c3c(=O)n2CC(=O)Nc2ccccc2)CCCC4)c1. The fourth-order valence-corrected chi connectivity index (χ4v) is 5.51. The van der Waals surface area contributed by atoms with Gasteiger partial charge in [-0.3, -0.25) is 14.2 Å². The van der Waals surface area contributed by atoms with Crippen LogP contribution in [0, 0.1) is 6.92 Å². The number of rotatable bonds is 4. The number of aryl methyl sites for hydroxylation is 3. The number of benzene rings is 2. The second kappa shape index (κ2) is 8.12. The summed E-state index contributed by atoms with van der Waals surface area (Å²) in [5.74, 6) is 0.301. The van der Waals surface area contributed by atoms with E-state index in [-0.39, 0.29) is 18.0 Å². The second-order valence-corrected chi connectivity index (χ2v) is 9.09. The molecule has 0 spiro atoms. The maximum atomic E-state index is 13.7. The molecule has 2 aromatic carbocycles. The Bertz CT molecular complexity index is 1340. The van der Waals surface area contributed by atoms with Crippen molar-refractivity contribution in [1.29, 1.82) is 0 Å². The van der Waals surface area contributed by atoms with Gasteiger partial charge in [0.2, 0.25) is 5.91 Å². The molecule has 1 N–H and O–H groups in total. The van der Waals surface area contributed by atoms with Gasteiger partial charge in [-0.1, -0.05) is 42.0 Å². The van der Waals surface area contributed by atoms with E-state index in [1.54, 1.807) is 11.3 Å². The first kappa shape index (κ1) is 19.7. The lowest BCUT2D eigenvalue weighted by molar-refractivity contribution is -0.116. The van der Waals surface area contributed by atoms with Crippen molar-refractivity contribution >= 4 is 33.1 Å². The number of aromatic nitrogens is 2. The summed E-state index contributed by atoms with van der Waals surface area (Å²) in [6, 6.07) is 17.2. The molecular formula is C25H23N3O2S. The third kappa shape index (κ3) is 3.79. The standard InChI is InChI=1S/C25H23N3O2S/c1-16-8-7-9-17(14-16)23-27-24-22(19-12-5-6-13-20(19)31-24)25(30)28(23)15-21(29)26-18-10-3-2-4-11-18/h2-4,7-11,14H,5-6,12-13,15H2,1H3,(H,26,29). The molecule has 0 saturated carbocycles. The molecule has 0 saturated heterocycles. The van der Waals surface area contributed by atoms with Gasteiger partial charge in [0.05, 0.1) is 5.39 Å². The van der Waals surface area contributed by atoms with Crippen LogP contribution in [0.25, 0.3) is 21.6 Å². The Kier molecular flexibility index (Phi) is 5.16. The molecule has 0 fully saturated rings. The zero-order chi connectivity index (χ0) is 21.4. The van der Waals surface area contributed by atoms with Crippen LogP contribution in [0.5, 0.6) is 0 Å². The number of fused-ring (bicyclic) bond motifs is 3. The lowest BCUT2D eigenvalue weighted by atomic mass is 9.97. The number of thiophene rings is 1.